The molecule has 1 fully saturated rings. The summed E-state index contributed by atoms with van der Waals surface area (Å²) in [5, 5.41) is 6.71. The second-order valence-corrected chi connectivity index (χ2v) is 5.66. The molecule has 0 spiro atoms. The van der Waals surface area contributed by atoms with E-state index in [2.05, 4.69) is 48.5 Å². The first-order valence-electron chi connectivity index (χ1n) is 7.29. The number of hydrogen-bond acceptors (Lipinski definition) is 2. The minimum absolute atomic E-state index is 0.0906. The Morgan fingerprint density at radius 1 is 1.40 bits per heavy atom. The largest absolute Gasteiger partial charge is 0.489 e. The molecule has 1 aromatic carbocycles. The van der Waals surface area contributed by atoms with Crippen molar-refractivity contribution < 1.29 is 4.74 Å². The Labute approximate surface area is 121 Å². The van der Waals surface area contributed by atoms with Gasteiger partial charge in [-0.25, -0.2) is 0 Å². The van der Waals surface area contributed by atoms with E-state index >= 15 is 0 Å². The van der Waals surface area contributed by atoms with Gasteiger partial charge in [0.2, 0.25) is 0 Å². The second-order valence-electron chi connectivity index (χ2n) is 5.66. The maximum absolute atomic E-state index is 5.86. The van der Waals surface area contributed by atoms with Crippen LogP contribution in [0, 0.1) is 12.8 Å². The average molecular weight is 275 g/mol. The summed E-state index contributed by atoms with van der Waals surface area (Å²) in [6.07, 6.45) is 1.32. The summed E-state index contributed by atoms with van der Waals surface area (Å²) in [5.41, 5.74) is 1.24. The molecule has 3 atom stereocenters. The summed E-state index contributed by atoms with van der Waals surface area (Å²) in [6.45, 7) is 7.10. The minimum Gasteiger partial charge on any atom is -0.489 e. The number of rotatable bonds is 5. The highest BCUT2D eigenvalue weighted by Crippen LogP contribution is 2.28. The highest BCUT2D eigenvalue weighted by atomic mass is 16.5. The zero-order valence-electron chi connectivity index (χ0n) is 12.8. The predicted octanol–water partition coefficient (Wildman–Crippen LogP) is 2.34. The number of ether oxygens (including phenoxy) is 1. The van der Waals surface area contributed by atoms with Crippen molar-refractivity contribution in [3.05, 3.63) is 29.8 Å². The first kappa shape index (κ1) is 14.7. The number of hydrogen-bond donors (Lipinski definition) is 2. The molecule has 2 N–H and O–H groups in total. The van der Waals surface area contributed by atoms with Crippen molar-refractivity contribution in [3.63, 3.8) is 0 Å². The number of guanidine groups is 1. The molecule has 110 valence electrons. The first-order chi connectivity index (χ1) is 9.58. The Balaban J connectivity index is 1.73. The molecule has 1 saturated carbocycles. The molecule has 0 amide bonds. The van der Waals surface area contributed by atoms with Gasteiger partial charge in [0, 0.05) is 13.1 Å². The Hall–Kier alpha value is -1.71. The van der Waals surface area contributed by atoms with Gasteiger partial charge in [0.25, 0.3) is 0 Å². The van der Waals surface area contributed by atoms with Crippen LogP contribution in [0.4, 0.5) is 0 Å². The number of nitrogens with one attached hydrogen (secondary N) is 2. The fourth-order valence-electron chi connectivity index (χ4n) is 2.02. The van der Waals surface area contributed by atoms with Gasteiger partial charge in [-0.1, -0.05) is 24.6 Å². The molecular weight excluding hydrogens is 250 g/mol. The lowest BCUT2D eigenvalue weighted by Crippen LogP contribution is -2.43. The topological polar surface area (TPSA) is 45.7 Å². The molecule has 0 heterocycles. The Kier molecular flexibility index (Phi) is 4.88. The molecular formula is C16H25N3O. The minimum atomic E-state index is 0.0906. The summed E-state index contributed by atoms with van der Waals surface area (Å²) in [6, 6.07) is 8.71. The van der Waals surface area contributed by atoms with Crippen LogP contribution in [0.1, 0.15) is 25.8 Å². The molecule has 0 radical (unpaired) electrons. The fourth-order valence-corrected chi connectivity index (χ4v) is 2.02. The monoisotopic (exact) mass is 275 g/mol. The normalized spacial score (nSPS) is 23.1. The highest BCUT2D eigenvalue weighted by molar-refractivity contribution is 5.80. The van der Waals surface area contributed by atoms with E-state index < -0.39 is 0 Å². The number of aliphatic imine (C=N–C) groups is 1. The van der Waals surface area contributed by atoms with Crippen molar-refractivity contribution in [2.45, 2.75) is 39.3 Å². The molecule has 1 aliphatic carbocycles. The van der Waals surface area contributed by atoms with E-state index in [1.54, 1.807) is 7.05 Å². The van der Waals surface area contributed by atoms with Crippen LogP contribution in [0.25, 0.3) is 0 Å². The summed E-state index contributed by atoms with van der Waals surface area (Å²) in [5.74, 6) is 2.53. The Bertz CT molecular complexity index is 455. The smallest absolute Gasteiger partial charge is 0.191 e. The van der Waals surface area contributed by atoms with Gasteiger partial charge >= 0.3 is 0 Å². The van der Waals surface area contributed by atoms with E-state index in [1.165, 1.54) is 12.0 Å². The molecule has 4 nitrogen and oxygen atoms in total. The van der Waals surface area contributed by atoms with Crippen LogP contribution in [-0.4, -0.2) is 31.7 Å². The SMILES string of the molecule is CN=C(NCC(C)Oc1ccc(C)cc1)NC1CC1C. The molecule has 20 heavy (non-hydrogen) atoms. The summed E-state index contributed by atoms with van der Waals surface area (Å²) < 4.78 is 5.86. The van der Waals surface area contributed by atoms with Crippen molar-refractivity contribution in [2.75, 3.05) is 13.6 Å². The molecule has 2 rings (SSSR count). The van der Waals surface area contributed by atoms with Crippen molar-refractivity contribution >= 4 is 5.96 Å². The molecule has 1 aliphatic rings. The third-order valence-electron chi connectivity index (χ3n) is 3.57. The van der Waals surface area contributed by atoms with E-state index in [4.69, 9.17) is 4.74 Å². The Morgan fingerprint density at radius 2 is 2.05 bits per heavy atom. The van der Waals surface area contributed by atoms with Crippen LogP contribution in [0.2, 0.25) is 0 Å². The fraction of sp³-hybridized carbons (Fsp3) is 0.562. The van der Waals surface area contributed by atoms with Crippen LogP contribution in [0.5, 0.6) is 5.75 Å². The standard InChI is InChI=1S/C16H25N3O/c1-11-5-7-14(8-6-11)20-13(3)10-18-16(17-4)19-15-9-12(15)2/h5-8,12-13,15H,9-10H2,1-4H3,(H2,17,18,19). The third-order valence-corrected chi connectivity index (χ3v) is 3.57. The summed E-state index contributed by atoms with van der Waals surface area (Å²) >= 11 is 0. The van der Waals surface area contributed by atoms with Gasteiger partial charge in [-0.2, -0.15) is 0 Å². The van der Waals surface area contributed by atoms with Crippen LogP contribution in [0.15, 0.2) is 29.3 Å². The van der Waals surface area contributed by atoms with Gasteiger partial charge in [-0.15, -0.1) is 0 Å². The van der Waals surface area contributed by atoms with Crippen LogP contribution in [-0.2, 0) is 0 Å². The van der Waals surface area contributed by atoms with Gasteiger partial charge in [0.05, 0.1) is 6.54 Å². The molecule has 4 heteroatoms. The molecule has 3 unspecified atom stereocenters. The van der Waals surface area contributed by atoms with Crippen molar-refractivity contribution in [2.24, 2.45) is 10.9 Å². The quantitative estimate of drug-likeness (QED) is 0.640. The summed E-state index contributed by atoms with van der Waals surface area (Å²) in [4.78, 5) is 4.23. The van der Waals surface area contributed by atoms with Crippen molar-refractivity contribution in [1.82, 2.24) is 10.6 Å². The summed E-state index contributed by atoms with van der Waals surface area (Å²) in [7, 11) is 1.80. The highest BCUT2D eigenvalue weighted by Gasteiger charge is 2.33. The molecule has 0 saturated heterocycles. The number of aryl methyl sites for hydroxylation is 1. The van der Waals surface area contributed by atoms with E-state index in [0.29, 0.717) is 6.04 Å². The van der Waals surface area contributed by atoms with E-state index in [-0.39, 0.29) is 6.10 Å². The van der Waals surface area contributed by atoms with Gasteiger partial charge in [-0.05, 0) is 38.3 Å². The van der Waals surface area contributed by atoms with Crippen LogP contribution < -0.4 is 15.4 Å². The molecule has 0 aromatic heterocycles. The molecule has 0 aliphatic heterocycles. The first-order valence-corrected chi connectivity index (χ1v) is 7.29. The van der Waals surface area contributed by atoms with E-state index in [0.717, 1.165) is 24.2 Å². The van der Waals surface area contributed by atoms with E-state index in [1.807, 2.05) is 12.1 Å². The lowest BCUT2D eigenvalue weighted by atomic mass is 10.2. The zero-order valence-corrected chi connectivity index (χ0v) is 12.8. The van der Waals surface area contributed by atoms with Gasteiger partial charge in [-0.3, -0.25) is 4.99 Å². The zero-order chi connectivity index (χ0) is 14.5. The number of benzene rings is 1. The second kappa shape index (κ2) is 6.64. The maximum Gasteiger partial charge on any atom is 0.191 e. The van der Waals surface area contributed by atoms with Crippen LogP contribution in [0.3, 0.4) is 0 Å². The lowest BCUT2D eigenvalue weighted by molar-refractivity contribution is 0.224. The number of nitrogens with zero attached hydrogens (tertiary/aromatic N) is 1. The van der Waals surface area contributed by atoms with Gasteiger partial charge < -0.3 is 15.4 Å². The maximum atomic E-state index is 5.86. The van der Waals surface area contributed by atoms with Gasteiger partial charge in [0.1, 0.15) is 11.9 Å². The predicted molar refractivity (Wildman–Crippen MR) is 83.3 cm³/mol. The van der Waals surface area contributed by atoms with E-state index in [9.17, 15) is 0 Å². The van der Waals surface area contributed by atoms with Crippen molar-refractivity contribution in [3.8, 4) is 5.75 Å². The average Bonchev–Trinajstić information content (AvgIpc) is 3.12. The lowest BCUT2D eigenvalue weighted by Gasteiger charge is -2.17. The van der Waals surface area contributed by atoms with Crippen LogP contribution >= 0.6 is 0 Å². The van der Waals surface area contributed by atoms with Gasteiger partial charge in [0.15, 0.2) is 5.96 Å². The molecule has 1 aromatic rings. The third kappa shape index (κ3) is 4.44. The molecule has 0 bridgehead atoms. The van der Waals surface area contributed by atoms with Crippen molar-refractivity contribution in [1.29, 1.82) is 0 Å². The Morgan fingerprint density at radius 3 is 2.60 bits per heavy atom.